The Hall–Kier alpha value is -0.350. The monoisotopic (exact) mass is 285 g/mol. The number of hydrogen-bond acceptors (Lipinski definition) is 3. The van der Waals surface area contributed by atoms with E-state index in [1.165, 1.54) is 0 Å². The van der Waals surface area contributed by atoms with Gasteiger partial charge in [-0.15, -0.1) is 0 Å². The third-order valence-corrected chi connectivity index (χ3v) is 4.86. The lowest BCUT2D eigenvalue weighted by molar-refractivity contribution is 0.231. The average Bonchev–Trinajstić information content (AvgIpc) is 2.88. The van der Waals surface area contributed by atoms with E-state index in [-0.39, 0.29) is 0 Å². The van der Waals surface area contributed by atoms with E-state index >= 15 is 0 Å². The minimum Gasteiger partial charge on any atom is -0.316 e. The smallest absolute Gasteiger partial charge is 0.135 e. The number of likely N-dealkylation sites (tertiary alicyclic amines) is 1. The predicted octanol–water partition coefficient (Wildman–Crippen LogP) is 2.43. The lowest BCUT2D eigenvalue weighted by Crippen LogP contribution is -2.32. The van der Waals surface area contributed by atoms with Gasteiger partial charge in [0.05, 0.1) is 0 Å². The molecule has 2 aliphatic rings. The summed E-state index contributed by atoms with van der Waals surface area (Å²) in [5.74, 6) is 1.57. The van der Waals surface area contributed by atoms with Crippen LogP contribution in [0.15, 0.2) is 12.1 Å². The van der Waals surface area contributed by atoms with Crippen LogP contribution in [-0.4, -0.2) is 35.6 Å². The summed E-state index contributed by atoms with van der Waals surface area (Å²) in [5.41, 5.74) is 1.07. The maximum Gasteiger partial charge on any atom is 0.135 e. The van der Waals surface area contributed by atoms with Crippen molar-refractivity contribution in [3.05, 3.63) is 28.0 Å². The van der Waals surface area contributed by atoms with Crippen LogP contribution in [0.25, 0.3) is 0 Å². The van der Waals surface area contributed by atoms with Gasteiger partial charge >= 0.3 is 0 Å². The quantitative estimate of drug-likeness (QED) is 0.846. The van der Waals surface area contributed by atoms with E-state index in [1.54, 1.807) is 0 Å². The summed E-state index contributed by atoms with van der Waals surface area (Å²) in [6.07, 6.45) is 0. The van der Waals surface area contributed by atoms with Gasteiger partial charge in [0, 0.05) is 24.7 Å². The van der Waals surface area contributed by atoms with E-state index in [9.17, 15) is 0 Å². The van der Waals surface area contributed by atoms with Gasteiger partial charge < -0.3 is 5.32 Å². The fraction of sp³-hybridized carbons (Fsp3) is 0.615. The number of nitrogens with zero attached hydrogens (tertiary/aromatic N) is 2. The molecule has 0 aliphatic carbocycles. The molecule has 3 nitrogen and oxygen atoms in total. The summed E-state index contributed by atoms with van der Waals surface area (Å²) in [6.45, 7) is 6.64. The normalized spacial score (nSPS) is 31.8. The standard InChI is InChI=1S/C13H17Cl2N3/c1-8-11-5-16-4-10(11)7-18(8)6-9-2-3-12(14)17-13(9)15/h2-3,8,10-11,16H,4-7H2,1H3. The van der Waals surface area contributed by atoms with Crippen LogP contribution in [0.1, 0.15) is 12.5 Å². The summed E-state index contributed by atoms with van der Waals surface area (Å²) in [5, 5.41) is 4.47. The zero-order chi connectivity index (χ0) is 12.7. The Morgan fingerprint density at radius 2 is 2.22 bits per heavy atom. The van der Waals surface area contributed by atoms with Crippen molar-refractivity contribution >= 4 is 23.2 Å². The molecule has 3 heterocycles. The van der Waals surface area contributed by atoms with E-state index in [2.05, 4.69) is 22.1 Å². The summed E-state index contributed by atoms with van der Waals surface area (Å²) < 4.78 is 0. The first-order valence-corrected chi connectivity index (χ1v) is 7.16. The number of fused-ring (bicyclic) bond motifs is 1. The fourth-order valence-corrected chi connectivity index (χ4v) is 3.65. The van der Waals surface area contributed by atoms with Crippen LogP contribution in [0.2, 0.25) is 10.3 Å². The molecular weight excluding hydrogens is 269 g/mol. The topological polar surface area (TPSA) is 28.2 Å². The van der Waals surface area contributed by atoms with Crippen molar-refractivity contribution in [2.45, 2.75) is 19.5 Å². The second-order valence-corrected chi connectivity index (χ2v) is 6.08. The molecule has 3 rings (SSSR count). The van der Waals surface area contributed by atoms with Gasteiger partial charge in [-0.1, -0.05) is 29.3 Å². The van der Waals surface area contributed by atoms with Crippen LogP contribution in [0.5, 0.6) is 0 Å². The largest absolute Gasteiger partial charge is 0.316 e. The lowest BCUT2D eigenvalue weighted by atomic mass is 9.95. The van der Waals surface area contributed by atoms with Gasteiger partial charge in [-0.3, -0.25) is 4.90 Å². The van der Waals surface area contributed by atoms with E-state index in [4.69, 9.17) is 23.2 Å². The van der Waals surface area contributed by atoms with Crippen LogP contribution in [0.3, 0.4) is 0 Å². The summed E-state index contributed by atoms with van der Waals surface area (Å²) in [7, 11) is 0. The predicted molar refractivity (Wildman–Crippen MR) is 74.0 cm³/mol. The molecule has 0 saturated carbocycles. The first-order chi connectivity index (χ1) is 8.65. The Balaban J connectivity index is 1.73. The van der Waals surface area contributed by atoms with Crippen LogP contribution in [0, 0.1) is 11.8 Å². The molecule has 2 saturated heterocycles. The van der Waals surface area contributed by atoms with Gasteiger partial charge in [-0.2, -0.15) is 0 Å². The number of hydrogen-bond donors (Lipinski definition) is 1. The Morgan fingerprint density at radius 1 is 1.39 bits per heavy atom. The first-order valence-electron chi connectivity index (χ1n) is 6.41. The maximum atomic E-state index is 6.14. The molecule has 2 aliphatic heterocycles. The van der Waals surface area contributed by atoms with E-state index < -0.39 is 0 Å². The van der Waals surface area contributed by atoms with Crippen LogP contribution in [0.4, 0.5) is 0 Å². The molecule has 0 amide bonds. The SMILES string of the molecule is CC1C2CNCC2CN1Cc1ccc(Cl)nc1Cl. The van der Waals surface area contributed by atoms with Gasteiger partial charge in [-0.05, 0) is 37.9 Å². The number of rotatable bonds is 2. The number of halogens is 2. The third kappa shape index (κ3) is 2.25. The minimum atomic E-state index is 0.458. The molecule has 0 radical (unpaired) electrons. The van der Waals surface area contributed by atoms with Gasteiger partial charge in [0.15, 0.2) is 0 Å². The molecule has 18 heavy (non-hydrogen) atoms. The molecule has 98 valence electrons. The van der Waals surface area contributed by atoms with E-state index in [0.717, 1.165) is 43.6 Å². The van der Waals surface area contributed by atoms with Gasteiger partial charge in [-0.25, -0.2) is 4.98 Å². The number of aromatic nitrogens is 1. The fourth-order valence-electron chi connectivity index (χ4n) is 3.24. The van der Waals surface area contributed by atoms with Gasteiger partial charge in [0.1, 0.15) is 10.3 Å². The molecule has 0 bridgehead atoms. The molecule has 5 heteroatoms. The van der Waals surface area contributed by atoms with E-state index in [0.29, 0.717) is 16.3 Å². The summed E-state index contributed by atoms with van der Waals surface area (Å²) >= 11 is 12.0. The zero-order valence-electron chi connectivity index (χ0n) is 10.4. The lowest BCUT2D eigenvalue weighted by Gasteiger charge is -2.24. The Labute approximate surface area is 117 Å². The Bertz CT molecular complexity index is 452. The molecule has 3 unspecified atom stereocenters. The molecule has 3 atom stereocenters. The molecule has 0 spiro atoms. The molecule has 1 aromatic heterocycles. The van der Waals surface area contributed by atoms with Crippen molar-refractivity contribution < 1.29 is 0 Å². The maximum absolute atomic E-state index is 6.14. The highest BCUT2D eigenvalue weighted by molar-refractivity contribution is 6.32. The highest BCUT2D eigenvalue weighted by Crippen LogP contribution is 2.33. The first kappa shape index (κ1) is 12.7. The van der Waals surface area contributed by atoms with Gasteiger partial charge in [0.2, 0.25) is 0 Å². The summed E-state index contributed by atoms with van der Waals surface area (Å²) in [4.78, 5) is 6.61. The summed E-state index contributed by atoms with van der Waals surface area (Å²) in [6, 6.07) is 4.40. The minimum absolute atomic E-state index is 0.458. The Morgan fingerprint density at radius 3 is 2.94 bits per heavy atom. The average molecular weight is 286 g/mol. The number of pyridine rings is 1. The molecule has 2 fully saturated rings. The molecule has 1 aromatic rings. The van der Waals surface area contributed by atoms with Crippen molar-refractivity contribution in [2.24, 2.45) is 11.8 Å². The highest BCUT2D eigenvalue weighted by atomic mass is 35.5. The zero-order valence-corrected chi connectivity index (χ0v) is 11.9. The van der Waals surface area contributed by atoms with Crippen molar-refractivity contribution in [2.75, 3.05) is 19.6 Å². The second kappa shape index (κ2) is 4.97. The second-order valence-electron chi connectivity index (χ2n) is 5.34. The third-order valence-electron chi connectivity index (χ3n) is 4.32. The van der Waals surface area contributed by atoms with Crippen LogP contribution < -0.4 is 5.32 Å². The van der Waals surface area contributed by atoms with Gasteiger partial charge in [0.25, 0.3) is 0 Å². The molecule has 0 aromatic carbocycles. The van der Waals surface area contributed by atoms with Crippen LogP contribution >= 0.6 is 23.2 Å². The molecule has 1 N–H and O–H groups in total. The van der Waals surface area contributed by atoms with Crippen LogP contribution in [-0.2, 0) is 6.54 Å². The van der Waals surface area contributed by atoms with Crippen molar-refractivity contribution in [3.63, 3.8) is 0 Å². The Kier molecular flexibility index (Phi) is 3.50. The molecular formula is C13H17Cl2N3. The van der Waals surface area contributed by atoms with Crippen molar-refractivity contribution in [3.8, 4) is 0 Å². The van der Waals surface area contributed by atoms with Crippen molar-refractivity contribution in [1.29, 1.82) is 0 Å². The van der Waals surface area contributed by atoms with E-state index in [1.807, 2.05) is 12.1 Å². The van der Waals surface area contributed by atoms with Crippen molar-refractivity contribution in [1.82, 2.24) is 15.2 Å². The number of nitrogens with one attached hydrogen (secondary N) is 1. The highest BCUT2D eigenvalue weighted by Gasteiger charge is 2.41.